The summed E-state index contributed by atoms with van der Waals surface area (Å²) in [5, 5.41) is 15.5. The fourth-order valence-electron chi connectivity index (χ4n) is 5.17. The Balaban J connectivity index is 0.000000412. The number of nitrogens with zero attached hydrogens (tertiary/aromatic N) is 5. The van der Waals surface area contributed by atoms with Crippen molar-refractivity contribution in [1.82, 2.24) is 19.9 Å². The monoisotopic (exact) mass is 983 g/mol. The Morgan fingerprint density at radius 3 is 1.79 bits per heavy atom. The fourth-order valence-corrected chi connectivity index (χ4v) is 6.21. The minimum atomic E-state index is -4.76. The molecule has 0 unspecified atom stereocenters. The van der Waals surface area contributed by atoms with E-state index in [1.165, 1.54) is 54.3 Å². The Hall–Kier alpha value is -6.65. The summed E-state index contributed by atoms with van der Waals surface area (Å²) in [4.78, 5) is 50.8. The zero-order valence-corrected chi connectivity index (χ0v) is 36.7. The number of nitrogens with one attached hydrogen (secondary N) is 2. The van der Waals surface area contributed by atoms with E-state index in [0.717, 1.165) is 34.4 Å². The van der Waals surface area contributed by atoms with E-state index < -0.39 is 17.6 Å². The van der Waals surface area contributed by atoms with E-state index in [0.29, 0.717) is 53.8 Å². The van der Waals surface area contributed by atoms with Gasteiger partial charge in [0.05, 0.1) is 41.6 Å². The van der Waals surface area contributed by atoms with Crippen LogP contribution in [-0.4, -0.2) is 56.4 Å². The predicted molar refractivity (Wildman–Crippen MR) is 237 cm³/mol. The molecule has 0 aliphatic carbocycles. The molecule has 0 aromatic carbocycles. The van der Waals surface area contributed by atoms with Gasteiger partial charge in [-0.2, -0.15) is 18.3 Å². The zero-order valence-electron chi connectivity index (χ0n) is 33.3. The van der Waals surface area contributed by atoms with Crippen LogP contribution in [-0.2, 0) is 54.5 Å². The summed E-state index contributed by atoms with van der Waals surface area (Å²) in [5.41, 5.74) is 11.1. The number of ether oxygens (including phenoxy) is 3. The summed E-state index contributed by atoms with van der Waals surface area (Å²) < 4.78 is 51.2. The number of hydrogen-bond donors (Lipinski definition) is 1. The number of thiocarbonyl (C=S) groups is 1. The summed E-state index contributed by atoms with van der Waals surface area (Å²) in [7, 11) is 0. The van der Waals surface area contributed by atoms with Crippen LogP contribution in [0.4, 0.5) is 13.2 Å². The summed E-state index contributed by atoms with van der Waals surface area (Å²) >= 11 is 5.35. The number of aryl methyl sites for hydroxylation is 1. The molecule has 5 heterocycles. The van der Waals surface area contributed by atoms with Crippen molar-refractivity contribution in [3.8, 4) is 33.2 Å². The van der Waals surface area contributed by atoms with E-state index >= 15 is 0 Å². The van der Waals surface area contributed by atoms with E-state index in [-0.39, 0.29) is 25.2 Å². The molecule has 0 aliphatic rings. The molecule has 5 aromatic rings. The average Bonchev–Trinajstić information content (AvgIpc) is 3.75. The number of halogens is 3. The minimum absolute atomic E-state index is 0. The smallest absolute Gasteiger partial charge is 0.753 e. The van der Waals surface area contributed by atoms with Crippen LogP contribution in [0.2, 0.25) is 0 Å². The standard InChI is InChI=1S/C24H17N3O6.C19H21F3N3S.CNS.Ru/c28-15-31-8-3-18-1-6-25-21(11-18)23-13-20(5-10-33-17-30)14-24(27-23)22-12-19(2-7-26-22)4-9-32-16-29;1-2-3-4-5-6-14-7-8-17(26-14)13-9-10-25-16(11-13)15(23)12-18(24)19(20,21)22;2-1-3;/h1-17H;7-12,23-24H,2-6H2,1H3;;/q;2*-1;+2/b8-3+,9-4+,10-5+;15-12-,24-18?;;. The predicted octanol–water partition coefficient (Wildman–Crippen LogP) is 11.2. The van der Waals surface area contributed by atoms with Crippen molar-refractivity contribution in [3.63, 3.8) is 0 Å². The molecule has 326 valence electrons. The largest absolute Gasteiger partial charge is 2.00 e. The van der Waals surface area contributed by atoms with Gasteiger partial charge in [0, 0.05) is 34.0 Å². The third-order valence-corrected chi connectivity index (χ3v) is 9.17. The molecule has 0 bridgehead atoms. The number of hydrogen-bond acceptors (Lipinski definition) is 13. The SMILES string of the molecule is CCCCCCc1ccc(-c2ccnc(/C([NH-])=C/C(=N)C(F)(F)F)c2)s1.O=CO/C=C/c1ccnc(-c2cc(/C=C/OC=O)cc(-c3cc(/C=C/OC=O)ccn3)n2)c1.[N-]=C=S.[Ru+2]. The Morgan fingerprint density at radius 1 is 0.778 bits per heavy atom. The Bertz CT molecular complexity index is 2350. The van der Waals surface area contributed by atoms with Crippen LogP contribution in [0.1, 0.15) is 59.9 Å². The van der Waals surface area contributed by atoms with Gasteiger partial charge >= 0.3 is 25.7 Å². The minimum Gasteiger partial charge on any atom is -0.753 e. The molecule has 5 rings (SSSR count). The van der Waals surface area contributed by atoms with Crippen LogP contribution in [0.5, 0.6) is 0 Å². The molecule has 2 N–H and O–H groups in total. The molecule has 0 atom stereocenters. The summed E-state index contributed by atoms with van der Waals surface area (Å²) in [5.74, 6) is 0. The van der Waals surface area contributed by atoms with Crippen LogP contribution >= 0.6 is 23.6 Å². The molecule has 0 spiro atoms. The topological polar surface area (TPSA) is 200 Å². The number of thiophene rings is 1. The third kappa shape index (κ3) is 18.9. The molecule has 0 saturated heterocycles. The van der Waals surface area contributed by atoms with Crippen molar-refractivity contribution in [2.75, 3.05) is 0 Å². The summed E-state index contributed by atoms with van der Waals surface area (Å²) in [6.45, 7) is 3.14. The number of allylic oxidation sites excluding steroid dienone is 1. The normalized spacial score (nSPS) is 11.0. The summed E-state index contributed by atoms with van der Waals surface area (Å²) in [6, 6.07) is 18.0. The molecule has 5 aromatic heterocycles. The van der Waals surface area contributed by atoms with E-state index in [2.05, 4.69) is 59.4 Å². The number of pyridine rings is 4. The molecule has 0 amide bonds. The van der Waals surface area contributed by atoms with E-state index in [9.17, 15) is 27.6 Å². The Kier molecular flexibility index (Phi) is 24.0. The van der Waals surface area contributed by atoms with Crippen molar-refractivity contribution in [1.29, 1.82) is 5.41 Å². The van der Waals surface area contributed by atoms with Crippen LogP contribution in [0, 0.1) is 5.41 Å². The number of aromatic nitrogens is 4. The number of unbranched alkanes of at least 4 members (excludes halogenated alkanes) is 3. The molecule has 0 fully saturated rings. The van der Waals surface area contributed by atoms with Crippen molar-refractivity contribution >= 4 is 77.8 Å². The maximum absolute atomic E-state index is 12.5. The number of carbonyl (C=O) groups excluding carboxylic acids is 3. The first kappa shape index (κ1) is 52.5. The molecular formula is C44H38F3N7O6RuS2. The second-order valence-corrected chi connectivity index (χ2v) is 13.6. The van der Waals surface area contributed by atoms with Gasteiger partial charge in [-0.15, -0.1) is 17.0 Å². The van der Waals surface area contributed by atoms with Crippen LogP contribution in [0.3, 0.4) is 0 Å². The van der Waals surface area contributed by atoms with Crippen LogP contribution < -0.4 is 0 Å². The van der Waals surface area contributed by atoms with Crippen LogP contribution in [0.15, 0.2) is 104 Å². The van der Waals surface area contributed by atoms with Gasteiger partial charge in [0.15, 0.2) is 0 Å². The molecule has 13 nitrogen and oxygen atoms in total. The number of carbonyl (C=O) groups is 3. The van der Waals surface area contributed by atoms with E-state index in [4.69, 9.17) is 16.6 Å². The average molecular weight is 983 g/mol. The Labute approximate surface area is 383 Å². The number of alkyl halides is 3. The number of rotatable bonds is 19. The van der Waals surface area contributed by atoms with Crippen molar-refractivity contribution < 1.29 is 61.2 Å². The molecular weight excluding hydrogens is 945 g/mol. The van der Waals surface area contributed by atoms with Gasteiger partial charge in [-0.3, -0.25) is 34.7 Å². The van der Waals surface area contributed by atoms with E-state index in [1.807, 2.05) is 6.07 Å². The first-order valence-corrected chi connectivity index (χ1v) is 19.6. The maximum Gasteiger partial charge on any atom is 2.00 e. The van der Waals surface area contributed by atoms with Crippen molar-refractivity contribution in [2.45, 2.75) is 45.2 Å². The first-order chi connectivity index (χ1) is 30.0. The molecule has 19 heteroatoms. The molecule has 0 saturated carbocycles. The van der Waals surface area contributed by atoms with Gasteiger partial charge < -0.3 is 25.4 Å². The third-order valence-electron chi connectivity index (χ3n) is 7.98. The van der Waals surface area contributed by atoms with Crippen LogP contribution in [0.25, 0.3) is 68.3 Å². The molecule has 63 heavy (non-hydrogen) atoms. The van der Waals surface area contributed by atoms with Crippen molar-refractivity contribution in [2.24, 2.45) is 0 Å². The summed E-state index contributed by atoms with van der Waals surface area (Å²) in [6.07, 6.45) is 14.8. The molecule has 0 aliphatic heterocycles. The Morgan fingerprint density at radius 2 is 1.29 bits per heavy atom. The maximum atomic E-state index is 12.5. The van der Waals surface area contributed by atoms with E-state index in [1.54, 1.807) is 90.5 Å². The quantitative estimate of drug-likeness (QED) is 0.0157. The first-order valence-electron chi connectivity index (χ1n) is 18.3. The molecule has 0 radical (unpaired) electrons. The van der Waals surface area contributed by atoms with Crippen molar-refractivity contribution in [3.05, 3.63) is 143 Å². The van der Waals surface area contributed by atoms with Gasteiger partial charge in [0.1, 0.15) is 5.71 Å². The van der Waals surface area contributed by atoms with Gasteiger partial charge in [-0.1, -0.05) is 38.4 Å². The second-order valence-electron chi connectivity index (χ2n) is 12.3. The fraction of sp³-hybridized carbons (Fsp3) is 0.159. The van der Waals surface area contributed by atoms with Gasteiger partial charge in [0.2, 0.25) is 0 Å². The zero-order chi connectivity index (χ0) is 45.2. The van der Waals surface area contributed by atoms with Gasteiger partial charge in [-0.25, -0.2) is 4.98 Å². The van der Waals surface area contributed by atoms with Gasteiger partial charge in [0.25, 0.3) is 19.4 Å². The van der Waals surface area contributed by atoms with Gasteiger partial charge in [-0.05, 0) is 120 Å². The second kappa shape index (κ2) is 28.8. The number of isothiocyanates is 1.